The molecule has 20 heavy (non-hydrogen) atoms. The molecule has 0 aliphatic rings. The lowest BCUT2D eigenvalue weighted by Gasteiger charge is -2.17. The molecule has 0 spiro atoms. The summed E-state index contributed by atoms with van der Waals surface area (Å²) in [6.45, 7) is 0. The summed E-state index contributed by atoms with van der Waals surface area (Å²) >= 11 is 0. The van der Waals surface area contributed by atoms with Crippen molar-refractivity contribution < 1.29 is 44.6 Å². The SMILES string of the molecule is COc1cc(OC(F)(F)F)nc(C(F)F)c1C(F)(F)F. The minimum absolute atomic E-state index is 0.127. The lowest BCUT2D eigenvalue weighted by atomic mass is 10.1. The van der Waals surface area contributed by atoms with Crippen LogP contribution in [0.5, 0.6) is 11.6 Å². The number of halogens is 8. The molecule has 0 amide bonds. The van der Waals surface area contributed by atoms with E-state index < -0.39 is 41.9 Å². The van der Waals surface area contributed by atoms with Gasteiger partial charge in [0.1, 0.15) is 17.0 Å². The fraction of sp³-hybridized carbons (Fsp3) is 0.444. The van der Waals surface area contributed by atoms with Gasteiger partial charge in [-0.05, 0) is 0 Å². The molecule has 1 aromatic heterocycles. The Morgan fingerprint density at radius 2 is 1.65 bits per heavy atom. The van der Waals surface area contributed by atoms with E-state index in [-0.39, 0.29) is 6.07 Å². The molecule has 0 saturated heterocycles. The van der Waals surface area contributed by atoms with E-state index in [1.54, 1.807) is 0 Å². The van der Waals surface area contributed by atoms with Gasteiger partial charge in [0.25, 0.3) is 6.43 Å². The average molecular weight is 311 g/mol. The topological polar surface area (TPSA) is 31.4 Å². The van der Waals surface area contributed by atoms with Crippen LogP contribution in [0.3, 0.4) is 0 Å². The van der Waals surface area contributed by atoms with Crippen molar-refractivity contribution in [1.29, 1.82) is 0 Å². The zero-order valence-electron chi connectivity index (χ0n) is 9.44. The van der Waals surface area contributed by atoms with Crippen LogP contribution in [0.2, 0.25) is 0 Å². The minimum atomic E-state index is -5.29. The Kier molecular flexibility index (Phi) is 4.30. The summed E-state index contributed by atoms with van der Waals surface area (Å²) in [5.41, 5.74) is -3.86. The van der Waals surface area contributed by atoms with E-state index in [1.807, 2.05) is 0 Å². The third-order valence-corrected chi connectivity index (χ3v) is 1.92. The lowest BCUT2D eigenvalue weighted by molar-refractivity contribution is -0.276. The van der Waals surface area contributed by atoms with Crippen LogP contribution < -0.4 is 9.47 Å². The molecule has 0 aliphatic carbocycles. The van der Waals surface area contributed by atoms with Gasteiger partial charge in [-0.2, -0.15) is 13.2 Å². The molecular weight excluding hydrogens is 306 g/mol. The molecule has 1 aromatic rings. The van der Waals surface area contributed by atoms with Gasteiger partial charge < -0.3 is 9.47 Å². The summed E-state index contributed by atoms with van der Waals surface area (Å²) in [5.74, 6) is -2.72. The number of nitrogens with zero attached hydrogens (tertiary/aromatic N) is 1. The summed E-state index contributed by atoms with van der Waals surface area (Å²) in [4.78, 5) is 2.54. The maximum Gasteiger partial charge on any atom is 0.574 e. The van der Waals surface area contributed by atoms with Crippen LogP contribution in [0.15, 0.2) is 6.07 Å². The number of hydrogen-bond donors (Lipinski definition) is 0. The Morgan fingerprint density at radius 1 is 1.10 bits per heavy atom. The Labute approximate surface area is 106 Å². The normalized spacial score (nSPS) is 12.7. The van der Waals surface area contributed by atoms with Gasteiger partial charge in [-0.3, -0.25) is 0 Å². The van der Waals surface area contributed by atoms with Crippen LogP contribution in [-0.2, 0) is 6.18 Å². The highest BCUT2D eigenvalue weighted by molar-refractivity contribution is 5.43. The van der Waals surface area contributed by atoms with Crippen molar-refractivity contribution in [2.24, 2.45) is 0 Å². The second kappa shape index (κ2) is 5.29. The lowest BCUT2D eigenvalue weighted by Crippen LogP contribution is -2.20. The highest BCUT2D eigenvalue weighted by atomic mass is 19.4. The van der Waals surface area contributed by atoms with Crippen molar-refractivity contribution in [3.05, 3.63) is 17.3 Å². The molecule has 0 aromatic carbocycles. The predicted molar refractivity (Wildman–Crippen MR) is 47.4 cm³/mol. The predicted octanol–water partition coefficient (Wildman–Crippen LogP) is 3.95. The third-order valence-electron chi connectivity index (χ3n) is 1.92. The van der Waals surface area contributed by atoms with Crippen LogP contribution in [0, 0.1) is 0 Å². The smallest absolute Gasteiger partial charge is 0.496 e. The van der Waals surface area contributed by atoms with Gasteiger partial charge >= 0.3 is 12.5 Å². The minimum Gasteiger partial charge on any atom is -0.496 e. The van der Waals surface area contributed by atoms with Gasteiger partial charge in [0.2, 0.25) is 5.88 Å². The van der Waals surface area contributed by atoms with Crippen LogP contribution in [0.1, 0.15) is 17.7 Å². The van der Waals surface area contributed by atoms with Crippen molar-refractivity contribution in [2.75, 3.05) is 7.11 Å². The van der Waals surface area contributed by atoms with E-state index in [9.17, 15) is 35.1 Å². The van der Waals surface area contributed by atoms with Crippen LogP contribution in [0.25, 0.3) is 0 Å². The molecule has 0 unspecified atom stereocenters. The monoisotopic (exact) mass is 311 g/mol. The quantitative estimate of drug-likeness (QED) is 0.792. The van der Waals surface area contributed by atoms with Gasteiger partial charge in [-0.1, -0.05) is 0 Å². The number of hydrogen-bond acceptors (Lipinski definition) is 3. The summed E-state index contributed by atoms with van der Waals surface area (Å²) in [6, 6.07) is 0.127. The first-order valence-electron chi connectivity index (χ1n) is 4.65. The van der Waals surface area contributed by atoms with Gasteiger partial charge in [-0.15, -0.1) is 13.2 Å². The zero-order chi connectivity index (χ0) is 15.7. The molecular formula is C9H5F8NO2. The fourth-order valence-electron chi connectivity index (χ4n) is 1.29. The second-order valence-corrected chi connectivity index (χ2v) is 3.27. The van der Waals surface area contributed by atoms with Gasteiger partial charge in [0.05, 0.1) is 7.11 Å². The maximum absolute atomic E-state index is 12.6. The number of methoxy groups -OCH3 is 1. The summed E-state index contributed by atoms with van der Waals surface area (Å²) in [5, 5.41) is 0. The molecule has 0 radical (unpaired) electrons. The number of ether oxygens (including phenoxy) is 2. The van der Waals surface area contributed by atoms with Gasteiger partial charge in [0, 0.05) is 6.07 Å². The number of rotatable bonds is 3. The van der Waals surface area contributed by atoms with Crippen molar-refractivity contribution >= 4 is 0 Å². The van der Waals surface area contributed by atoms with E-state index in [4.69, 9.17) is 0 Å². The Morgan fingerprint density at radius 3 is 2.00 bits per heavy atom. The fourth-order valence-corrected chi connectivity index (χ4v) is 1.29. The Balaban J connectivity index is 3.47. The molecule has 0 atom stereocenters. The van der Waals surface area contributed by atoms with E-state index >= 15 is 0 Å². The van der Waals surface area contributed by atoms with Crippen LogP contribution in [-0.4, -0.2) is 18.5 Å². The molecule has 0 aliphatic heterocycles. The molecule has 0 fully saturated rings. The van der Waals surface area contributed by atoms with Crippen molar-refractivity contribution in [1.82, 2.24) is 4.98 Å². The summed E-state index contributed by atoms with van der Waals surface area (Å²) in [6.07, 6.45) is -14.3. The summed E-state index contributed by atoms with van der Waals surface area (Å²) < 4.78 is 106. The molecule has 0 bridgehead atoms. The molecule has 114 valence electrons. The highest BCUT2D eigenvalue weighted by Crippen LogP contribution is 2.43. The molecule has 0 saturated carbocycles. The zero-order valence-corrected chi connectivity index (χ0v) is 9.44. The standard InChI is InChI=1S/C9H5F8NO2/c1-19-3-2-4(20-9(15,16)17)18-6(7(10)11)5(3)8(12,13)14/h2,7H,1H3. The number of pyridine rings is 1. The first kappa shape index (κ1) is 16.2. The number of aromatic nitrogens is 1. The van der Waals surface area contributed by atoms with Gasteiger partial charge in [0.15, 0.2) is 0 Å². The first-order chi connectivity index (χ1) is 8.95. The first-order valence-corrected chi connectivity index (χ1v) is 4.65. The van der Waals surface area contributed by atoms with Gasteiger partial charge in [-0.25, -0.2) is 13.8 Å². The van der Waals surface area contributed by atoms with Crippen molar-refractivity contribution in [2.45, 2.75) is 19.0 Å². The van der Waals surface area contributed by atoms with E-state index in [2.05, 4.69) is 14.5 Å². The van der Waals surface area contributed by atoms with Crippen molar-refractivity contribution in [3.63, 3.8) is 0 Å². The highest BCUT2D eigenvalue weighted by Gasteiger charge is 2.42. The average Bonchev–Trinajstić information content (AvgIpc) is 2.23. The van der Waals surface area contributed by atoms with E-state index in [0.717, 1.165) is 0 Å². The second-order valence-electron chi connectivity index (χ2n) is 3.27. The molecule has 0 N–H and O–H groups in total. The van der Waals surface area contributed by atoms with E-state index in [1.165, 1.54) is 0 Å². The van der Waals surface area contributed by atoms with Crippen LogP contribution >= 0.6 is 0 Å². The third kappa shape index (κ3) is 3.84. The Hall–Kier alpha value is -1.81. The molecule has 1 rings (SSSR count). The largest absolute Gasteiger partial charge is 0.574 e. The molecule has 3 nitrogen and oxygen atoms in total. The van der Waals surface area contributed by atoms with E-state index in [0.29, 0.717) is 7.11 Å². The number of alkyl halides is 8. The maximum atomic E-state index is 12.6. The summed E-state index contributed by atoms with van der Waals surface area (Å²) in [7, 11) is 0.678. The van der Waals surface area contributed by atoms with Crippen LogP contribution in [0.4, 0.5) is 35.1 Å². The molecule has 11 heteroatoms. The molecule has 1 heterocycles. The Bertz CT molecular complexity index is 482. The van der Waals surface area contributed by atoms with Crippen molar-refractivity contribution in [3.8, 4) is 11.6 Å².